The number of pyridine rings is 1. The summed E-state index contributed by atoms with van der Waals surface area (Å²) in [6, 6.07) is 1.81. The van der Waals surface area contributed by atoms with Gasteiger partial charge in [-0.3, -0.25) is 10.1 Å². The Labute approximate surface area is 161 Å². The SMILES string of the molecule is CCOC(=O)c1ccnc(N2CCCC(c3nncn3C3CC3)C2)c1[N+](=O)[O-]. The predicted molar refractivity (Wildman–Crippen MR) is 99.3 cm³/mol. The summed E-state index contributed by atoms with van der Waals surface area (Å²) in [7, 11) is 0. The van der Waals surface area contributed by atoms with Crippen LogP contribution >= 0.6 is 0 Å². The molecule has 1 saturated heterocycles. The number of aromatic nitrogens is 4. The van der Waals surface area contributed by atoms with Crippen LogP contribution in [0.4, 0.5) is 11.5 Å². The fourth-order valence-corrected chi connectivity index (χ4v) is 3.79. The van der Waals surface area contributed by atoms with E-state index < -0.39 is 10.9 Å². The van der Waals surface area contributed by atoms with E-state index in [0.29, 0.717) is 19.1 Å². The molecule has 0 aromatic carbocycles. The number of carbonyl (C=O) groups is 1. The highest BCUT2D eigenvalue weighted by atomic mass is 16.6. The van der Waals surface area contributed by atoms with Crippen LogP contribution in [0.5, 0.6) is 0 Å². The molecule has 1 atom stereocenters. The van der Waals surface area contributed by atoms with Crippen LogP contribution in [0, 0.1) is 10.1 Å². The van der Waals surface area contributed by atoms with Crippen molar-refractivity contribution < 1.29 is 14.5 Å². The summed E-state index contributed by atoms with van der Waals surface area (Å²) in [6.07, 6.45) is 7.25. The topological polar surface area (TPSA) is 116 Å². The number of carbonyl (C=O) groups excluding carboxylic acids is 1. The Hall–Kier alpha value is -3.04. The zero-order valence-corrected chi connectivity index (χ0v) is 15.7. The maximum absolute atomic E-state index is 12.2. The van der Waals surface area contributed by atoms with Crippen LogP contribution in [0.15, 0.2) is 18.6 Å². The molecule has 0 amide bonds. The molecule has 1 aliphatic carbocycles. The van der Waals surface area contributed by atoms with Crippen molar-refractivity contribution in [1.82, 2.24) is 19.7 Å². The number of piperidine rings is 1. The highest BCUT2D eigenvalue weighted by molar-refractivity contribution is 5.96. The molecule has 28 heavy (non-hydrogen) atoms. The van der Waals surface area contributed by atoms with Gasteiger partial charge in [-0.15, -0.1) is 10.2 Å². The molecule has 0 bridgehead atoms. The lowest BCUT2D eigenvalue weighted by atomic mass is 9.96. The van der Waals surface area contributed by atoms with Gasteiger partial charge in [0.25, 0.3) is 0 Å². The Kier molecular flexibility index (Phi) is 4.93. The van der Waals surface area contributed by atoms with Crippen molar-refractivity contribution in [3.8, 4) is 0 Å². The molecule has 0 spiro atoms. The summed E-state index contributed by atoms with van der Waals surface area (Å²) in [5, 5.41) is 20.1. The molecule has 10 nitrogen and oxygen atoms in total. The van der Waals surface area contributed by atoms with Crippen molar-refractivity contribution in [2.45, 2.75) is 44.6 Å². The first-order chi connectivity index (χ1) is 13.6. The molecule has 1 unspecified atom stereocenters. The predicted octanol–water partition coefficient (Wildman–Crippen LogP) is 2.48. The zero-order chi connectivity index (χ0) is 19.7. The lowest BCUT2D eigenvalue weighted by molar-refractivity contribution is -0.384. The van der Waals surface area contributed by atoms with E-state index in [4.69, 9.17) is 4.74 Å². The maximum Gasteiger partial charge on any atom is 0.345 e. The van der Waals surface area contributed by atoms with E-state index in [9.17, 15) is 14.9 Å². The number of nitro groups is 1. The minimum atomic E-state index is -0.708. The number of anilines is 1. The van der Waals surface area contributed by atoms with Gasteiger partial charge in [0.05, 0.1) is 11.5 Å². The Morgan fingerprint density at radius 3 is 2.93 bits per heavy atom. The Morgan fingerprint density at radius 2 is 2.21 bits per heavy atom. The molecule has 1 aliphatic heterocycles. The molecule has 2 fully saturated rings. The second-order valence-corrected chi connectivity index (χ2v) is 7.12. The van der Waals surface area contributed by atoms with E-state index >= 15 is 0 Å². The van der Waals surface area contributed by atoms with Gasteiger partial charge in [0.15, 0.2) is 0 Å². The van der Waals surface area contributed by atoms with Gasteiger partial charge >= 0.3 is 11.7 Å². The van der Waals surface area contributed by atoms with Crippen LogP contribution in [-0.2, 0) is 4.74 Å². The standard InChI is InChI=1S/C18H22N6O4/c1-2-28-18(25)14-7-8-19-17(15(14)24(26)27)22-9-3-4-12(10-22)16-21-20-11-23(16)13-5-6-13/h7-8,11-13H,2-6,9-10H2,1H3. The molecule has 2 aliphatic rings. The van der Waals surface area contributed by atoms with Crippen molar-refractivity contribution in [3.63, 3.8) is 0 Å². The van der Waals surface area contributed by atoms with Gasteiger partial charge in [-0.25, -0.2) is 9.78 Å². The van der Waals surface area contributed by atoms with E-state index in [1.54, 1.807) is 13.3 Å². The van der Waals surface area contributed by atoms with Gasteiger partial charge in [-0.1, -0.05) is 0 Å². The molecule has 0 N–H and O–H groups in total. The summed E-state index contributed by atoms with van der Waals surface area (Å²) >= 11 is 0. The molecule has 148 valence electrons. The zero-order valence-electron chi connectivity index (χ0n) is 15.7. The molecule has 1 saturated carbocycles. The molecule has 0 radical (unpaired) electrons. The smallest absolute Gasteiger partial charge is 0.345 e. The van der Waals surface area contributed by atoms with Crippen LogP contribution in [0.2, 0.25) is 0 Å². The van der Waals surface area contributed by atoms with Gasteiger partial charge in [0.1, 0.15) is 17.7 Å². The fourth-order valence-electron chi connectivity index (χ4n) is 3.79. The highest BCUT2D eigenvalue weighted by Crippen LogP contribution is 2.39. The van der Waals surface area contributed by atoms with Crippen molar-refractivity contribution in [2.24, 2.45) is 0 Å². The minimum absolute atomic E-state index is 0.0693. The Bertz CT molecular complexity index is 894. The molecule has 3 heterocycles. The van der Waals surface area contributed by atoms with Crippen molar-refractivity contribution in [3.05, 3.63) is 40.1 Å². The molecule has 10 heteroatoms. The average Bonchev–Trinajstić information content (AvgIpc) is 3.43. The summed E-state index contributed by atoms with van der Waals surface area (Å²) in [4.78, 5) is 29.5. The Morgan fingerprint density at radius 1 is 1.39 bits per heavy atom. The van der Waals surface area contributed by atoms with Gasteiger partial charge < -0.3 is 14.2 Å². The first-order valence-electron chi connectivity index (χ1n) is 9.55. The van der Waals surface area contributed by atoms with Crippen molar-refractivity contribution in [1.29, 1.82) is 0 Å². The highest BCUT2D eigenvalue weighted by Gasteiger charge is 2.35. The first kappa shape index (κ1) is 18.3. The van der Waals surface area contributed by atoms with Crippen LogP contribution in [0.1, 0.15) is 60.7 Å². The van der Waals surface area contributed by atoms with E-state index in [2.05, 4.69) is 19.7 Å². The number of hydrogen-bond acceptors (Lipinski definition) is 8. The molecule has 2 aromatic heterocycles. The third-order valence-corrected chi connectivity index (χ3v) is 5.21. The second-order valence-electron chi connectivity index (χ2n) is 7.12. The van der Waals surface area contributed by atoms with Crippen LogP contribution in [-0.4, -0.2) is 50.3 Å². The summed E-state index contributed by atoms with van der Waals surface area (Å²) < 4.78 is 7.11. The van der Waals surface area contributed by atoms with Crippen molar-refractivity contribution in [2.75, 3.05) is 24.6 Å². The molecular weight excluding hydrogens is 364 g/mol. The largest absolute Gasteiger partial charge is 0.462 e. The number of ether oxygens (including phenoxy) is 1. The van der Waals surface area contributed by atoms with Crippen LogP contribution < -0.4 is 4.90 Å². The van der Waals surface area contributed by atoms with Crippen LogP contribution in [0.25, 0.3) is 0 Å². The van der Waals surface area contributed by atoms with Gasteiger partial charge in [0.2, 0.25) is 5.82 Å². The lowest BCUT2D eigenvalue weighted by Crippen LogP contribution is -2.36. The van der Waals surface area contributed by atoms with Crippen molar-refractivity contribution >= 4 is 17.5 Å². The van der Waals surface area contributed by atoms with E-state index in [0.717, 1.165) is 31.5 Å². The summed E-state index contributed by atoms with van der Waals surface area (Å²) in [5.74, 6) is 0.540. The monoisotopic (exact) mass is 386 g/mol. The number of hydrogen-bond donors (Lipinski definition) is 0. The Balaban J connectivity index is 1.64. The second kappa shape index (κ2) is 7.53. The average molecular weight is 386 g/mol. The number of rotatable bonds is 6. The van der Waals surface area contributed by atoms with Gasteiger partial charge in [0, 0.05) is 31.2 Å². The first-order valence-corrected chi connectivity index (χ1v) is 9.55. The quantitative estimate of drug-likeness (QED) is 0.422. The van der Waals surface area contributed by atoms with E-state index in [1.165, 1.54) is 12.3 Å². The van der Waals surface area contributed by atoms with E-state index in [1.807, 2.05) is 4.90 Å². The number of nitrogens with zero attached hydrogens (tertiary/aromatic N) is 6. The van der Waals surface area contributed by atoms with E-state index in [-0.39, 0.29) is 29.6 Å². The molecular formula is C18H22N6O4. The van der Waals surface area contributed by atoms with Gasteiger partial charge in [-0.05, 0) is 38.7 Å². The molecule has 4 rings (SSSR count). The number of esters is 1. The lowest BCUT2D eigenvalue weighted by Gasteiger charge is -2.33. The fraction of sp³-hybridized carbons (Fsp3) is 0.556. The summed E-state index contributed by atoms with van der Waals surface area (Å²) in [6.45, 7) is 2.99. The molecule has 2 aromatic rings. The normalized spacial score (nSPS) is 19.5. The third kappa shape index (κ3) is 3.41. The van der Waals surface area contributed by atoms with Gasteiger partial charge in [-0.2, -0.15) is 0 Å². The third-order valence-electron chi connectivity index (χ3n) is 5.21. The minimum Gasteiger partial charge on any atom is -0.462 e. The maximum atomic E-state index is 12.2. The summed E-state index contributed by atoms with van der Waals surface area (Å²) in [5.41, 5.74) is -0.370. The van der Waals surface area contributed by atoms with Crippen LogP contribution in [0.3, 0.4) is 0 Å².